The van der Waals surface area contributed by atoms with Crippen LogP contribution in [0.1, 0.15) is 37.6 Å². The summed E-state index contributed by atoms with van der Waals surface area (Å²) in [6.07, 6.45) is 6.07. The molecule has 0 aliphatic carbocycles. The quantitative estimate of drug-likeness (QED) is 0.0757. The number of alkyl halides is 3. The van der Waals surface area contributed by atoms with Crippen molar-refractivity contribution in [2.45, 2.75) is 38.9 Å². The van der Waals surface area contributed by atoms with Gasteiger partial charge in [0.25, 0.3) is 5.82 Å². The summed E-state index contributed by atoms with van der Waals surface area (Å²) in [5, 5.41) is 0. The monoisotopic (exact) mass is 790 g/mol. The summed E-state index contributed by atoms with van der Waals surface area (Å²) in [4.78, 5) is 3.78. The third-order valence-electron chi connectivity index (χ3n) is 8.75. The van der Waals surface area contributed by atoms with Crippen molar-refractivity contribution in [1.82, 2.24) is 4.57 Å². The van der Waals surface area contributed by atoms with Crippen molar-refractivity contribution in [3.63, 3.8) is 0 Å². The number of hydrogen-bond donors (Lipinski definition) is 0. The van der Waals surface area contributed by atoms with E-state index < -0.39 is 43.5 Å². The normalized spacial score (nSPS) is 14.6. The summed E-state index contributed by atoms with van der Waals surface area (Å²) < 4.78 is 113. The van der Waals surface area contributed by atoms with Gasteiger partial charge in [-0.25, -0.2) is 21.4 Å². The molecule has 0 unspecified atom stereocenters. The third kappa shape index (κ3) is 10.2. The molecular formula is C38H38F3N4NaO6S2. The number of halogens is 3. The molecule has 4 aromatic rings. The predicted molar refractivity (Wildman–Crippen MR) is 199 cm³/mol. The van der Waals surface area contributed by atoms with Crippen LogP contribution in [0.4, 0.5) is 24.5 Å². The smallest absolute Gasteiger partial charge is 0.748 e. The fourth-order valence-electron chi connectivity index (χ4n) is 6.27. The molecule has 0 N–H and O–H groups in total. The van der Waals surface area contributed by atoms with Gasteiger partial charge in [-0.15, -0.1) is 0 Å². The van der Waals surface area contributed by atoms with Crippen LogP contribution in [0.25, 0.3) is 34.4 Å². The van der Waals surface area contributed by atoms with Gasteiger partial charge in [0.2, 0.25) is 0 Å². The number of aryl methyl sites for hydroxylation is 1. The van der Waals surface area contributed by atoms with E-state index in [1.807, 2.05) is 77.4 Å². The molecule has 5 rings (SSSR count). The molecule has 1 aromatic heterocycles. The van der Waals surface area contributed by atoms with E-state index in [9.17, 15) is 39.1 Å². The average molecular weight is 791 g/mol. The minimum Gasteiger partial charge on any atom is -0.748 e. The van der Waals surface area contributed by atoms with Crippen LogP contribution in [-0.2, 0) is 33.0 Å². The van der Waals surface area contributed by atoms with E-state index in [2.05, 4.69) is 13.2 Å². The van der Waals surface area contributed by atoms with Crippen molar-refractivity contribution < 1.29 is 73.2 Å². The summed E-state index contributed by atoms with van der Waals surface area (Å²) >= 11 is 0. The zero-order valence-corrected chi connectivity index (χ0v) is 33.5. The molecule has 0 atom stereocenters. The Labute approximate surface area is 335 Å². The number of rotatable bonds is 15. The van der Waals surface area contributed by atoms with Crippen LogP contribution >= 0.6 is 0 Å². The van der Waals surface area contributed by atoms with Crippen LogP contribution in [0.2, 0.25) is 0 Å². The molecule has 10 nitrogen and oxygen atoms in total. The van der Waals surface area contributed by atoms with Crippen molar-refractivity contribution >= 4 is 54.9 Å². The molecule has 0 saturated heterocycles. The Morgan fingerprint density at radius 2 is 1.54 bits per heavy atom. The van der Waals surface area contributed by atoms with E-state index >= 15 is 0 Å². The SMILES string of the molecule is C=CN1\C(=C/C=C(/C=C/c2n(CCCS(=O)(=O)[O-])c3cc(C(F)(F)F)ccc3[n+]2C=C)CC)N(CCCS(=O)(=O)[O-])c2cc(-c3ccccc3)ccc21.[Na+]. The van der Waals surface area contributed by atoms with Gasteiger partial charge in [-0.2, -0.15) is 17.7 Å². The number of aromatic nitrogens is 2. The molecule has 54 heavy (non-hydrogen) atoms. The predicted octanol–water partition coefficient (Wildman–Crippen LogP) is 4.25. The van der Waals surface area contributed by atoms with Gasteiger partial charge < -0.3 is 18.9 Å². The Hall–Kier alpha value is -3.96. The first kappa shape index (κ1) is 42.8. The molecule has 0 amide bonds. The summed E-state index contributed by atoms with van der Waals surface area (Å²) in [5.74, 6) is -0.181. The standard InChI is InChI=1S/C38H39F3N4O6S2.Na/c1-4-28(15-21-37-43(6-3)33-19-17-31(38(39,40)41)27-35(33)45(37)23-11-25-53(49,50)51)14-20-36-42(5-2)32-18-16-30(29-12-8-7-9-13-29)26-34(32)44(36)22-10-24-52(46,47)48;/h5-9,12-21,26-27H,2-4,10-11,22-25H2,1H3,(H-,46,47,48,49,50,51);/q;+1/p-1. The minimum absolute atomic E-state index is 0. The van der Waals surface area contributed by atoms with Crippen molar-refractivity contribution in [2.24, 2.45) is 0 Å². The van der Waals surface area contributed by atoms with E-state index in [1.165, 1.54) is 16.8 Å². The Bertz CT molecular complexity index is 2340. The Morgan fingerprint density at radius 3 is 2.13 bits per heavy atom. The molecule has 1 aliphatic rings. The summed E-state index contributed by atoms with van der Waals surface area (Å²) in [6, 6.07) is 18.9. The number of fused-ring (bicyclic) bond motifs is 2. The maximum Gasteiger partial charge on any atom is 1.00 e. The second-order valence-electron chi connectivity index (χ2n) is 12.2. The van der Waals surface area contributed by atoms with Crippen molar-refractivity contribution in [3.05, 3.63) is 127 Å². The number of allylic oxidation sites excluding steroid dienone is 4. The van der Waals surface area contributed by atoms with Crippen molar-refractivity contribution in [2.75, 3.05) is 27.9 Å². The van der Waals surface area contributed by atoms with Crippen LogP contribution in [-0.4, -0.2) is 48.6 Å². The van der Waals surface area contributed by atoms with E-state index in [1.54, 1.807) is 22.9 Å². The van der Waals surface area contributed by atoms with Gasteiger partial charge in [0.05, 0.1) is 49.9 Å². The minimum atomic E-state index is -4.62. The van der Waals surface area contributed by atoms with Crippen molar-refractivity contribution in [1.29, 1.82) is 0 Å². The molecule has 0 radical (unpaired) electrons. The number of imidazole rings is 1. The number of nitrogens with zero attached hydrogens (tertiary/aromatic N) is 4. The van der Waals surface area contributed by atoms with Crippen LogP contribution in [0.3, 0.4) is 0 Å². The van der Waals surface area contributed by atoms with Gasteiger partial charge in [0, 0.05) is 36.4 Å². The van der Waals surface area contributed by atoms with Gasteiger partial charge in [-0.3, -0.25) is 0 Å². The number of hydrogen-bond acceptors (Lipinski definition) is 8. The van der Waals surface area contributed by atoms with Crippen LogP contribution in [0, 0.1) is 0 Å². The summed E-state index contributed by atoms with van der Waals surface area (Å²) in [5.41, 5.74) is 3.99. The van der Waals surface area contributed by atoms with Crippen LogP contribution in [0.15, 0.2) is 116 Å². The fourth-order valence-corrected chi connectivity index (χ4v) is 7.24. The van der Waals surface area contributed by atoms with Crippen molar-refractivity contribution in [3.8, 4) is 11.1 Å². The van der Waals surface area contributed by atoms with Gasteiger partial charge in [-0.05, 0) is 66.3 Å². The average Bonchev–Trinajstić information content (AvgIpc) is 3.57. The molecule has 3 aromatic carbocycles. The molecular weight excluding hydrogens is 753 g/mol. The van der Waals surface area contributed by atoms with Crippen LogP contribution < -0.4 is 43.9 Å². The second-order valence-corrected chi connectivity index (χ2v) is 15.3. The number of benzene rings is 3. The molecule has 1 aliphatic heterocycles. The molecule has 0 fully saturated rings. The molecule has 16 heteroatoms. The van der Waals surface area contributed by atoms with E-state index in [4.69, 9.17) is 0 Å². The third-order valence-corrected chi connectivity index (χ3v) is 10.3. The molecule has 280 valence electrons. The van der Waals surface area contributed by atoms with Gasteiger partial charge in [0.1, 0.15) is 5.82 Å². The van der Waals surface area contributed by atoms with E-state index in [0.717, 1.165) is 40.2 Å². The second kappa shape index (κ2) is 17.7. The van der Waals surface area contributed by atoms with Gasteiger partial charge in [-0.1, -0.05) is 68.6 Å². The topological polar surface area (TPSA) is 130 Å². The molecule has 0 saturated carbocycles. The molecule has 0 bridgehead atoms. The number of anilines is 2. The molecule has 2 heterocycles. The zero-order chi connectivity index (χ0) is 38.6. The Kier molecular flexibility index (Phi) is 14.0. The Balaban J connectivity index is 0.00000650. The maximum absolute atomic E-state index is 13.7. The largest absolute Gasteiger partial charge is 1.00 e. The first-order chi connectivity index (χ1) is 25.0. The Morgan fingerprint density at radius 1 is 0.870 bits per heavy atom. The maximum atomic E-state index is 13.7. The summed E-state index contributed by atoms with van der Waals surface area (Å²) in [7, 11) is -9.01. The fraction of sp³-hybridized carbons (Fsp3) is 0.237. The van der Waals surface area contributed by atoms with Crippen LogP contribution in [0.5, 0.6) is 0 Å². The molecule has 0 spiro atoms. The van der Waals surface area contributed by atoms with E-state index in [0.29, 0.717) is 23.6 Å². The zero-order valence-electron chi connectivity index (χ0n) is 29.9. The first-order valence-corrected chi connectivity index (χ1v) is 19.8. The first-order valence-electron chi connectivity index (χ1n) is 16.7. The van der Waals surface area contributed by atoms with Gasteiger partial charge in [0.15, 0.2) is 11.0 Å². The van der Waals surface area contributed by atoms with Gasteiger partial charge >= 0.3 is 35.7 Å². The van der Waals surface area contributed by atoms with E-state index in [-0.39, 0.29) is 61.0 Å². The summed E-state index contributed by atoms with van der Waals surface area (Å²) in [6.45, 7) is 9.91.